The smallest absolute Gasteiger partial charge is 0.315 e. The minimum absolute atomic E-state index is 0.00469. The number of hydrogen-bond acceptors (Lipinski definition) is 5. The number of nitrogens with zero attached hydrogens (tertiary/aromatic N) is 2. The molecule has 5 rings (SSSR count). The summed E-state index contributed by atoms with van der Waals surface area (Å²) in [6, 6.07) is 23.8. The number of aliphatic hydroxyl groups excluding tert-OH is 1. The zero-order valence-corrected chi connectivity index (χ0v) is 21.7. The summed E-state index contributed by atoms with van der Waals surface area (Å²) < 4.78 is 15.3. The molecule has 198 valence electrons. The maximum absolute atomic E-state index is 11.7. The number of para-hydroxylation sites is 2. The van der Waals surface area contributed by atoms with Gasteiger partial charge in [0, 0.05) is 24.6 Å². The van der Waals surface area contributed by atoms with E-state index in [-0.39, 0.29) is 30.8 Å². The Morgan fingerprint density at radius 3 is 2.39 bits per heavy atom. The zero-order chi connectivity index (χ0) is 26.5. The second-order valence-corrected chi connectivity index (χ2v) is 9.66. The maximum Gasteiger partial charge on any atom is 0.315 e. The Morgan fingerprint density at radius 1 is 0.947 bits per heavy atom. The predicted octanol–water partition coefficient (Wildman–Crippen LogP) is 4.84. The third-order valence-electron chi connectivity index (χ3n) is 7.07. The SMILES string of the molecule is CCNC(=O)NCc1ccc(C2O[C@H](Cn3cnc4ccccc43)[C@H](C)[C@H](c3ccc(CO)cc3)O2)cc1. The Bertz CT molecular complexity index is 1350. The Hall–Kier alpha value is -3.72. The van der Waals surface area contributed by atoms with Gasteiger partial charge < -0.3 is 29.8 Å². The van der Waals surface area contributed by atoms with Crippen LogP contribution in [-0.4, -0.2) is 33.3 Å². The highest BCUT2D eigenvalue weighted by Gasteiger charge is 2.38. The monoisotopic (exact) mass is 514 g/mol. The van der Waals surface area contributed by atoms with Gasteiger partial charge >= 0.3 is 6.03 Å². The van der Waals surface area contributed by atoms with Crippen molar-refractivity contribution in [2.75, 3.05) is 6.54 Å². The Labute approximate surface area is 222 Å². The van der Waals surface area contributed by atoms with Gasteiger partial charge in [-0.2, -0.15) is 0 Å². The number of carbonyl (C=O) groups is 1. The minimum atomic E-state index is -0.557. The average molecular weight is 515 g/mol. The van der Waals surface area contributed by atoms with Crippen molar-refractivity contribution in [3.63, 3.8) is 0 Å². The first kappa shape index (κ1) is 25.9. The van der Waals surface area contributed by atoms with E-state index in [1.54, 1.807) is 0 Å². The Morgan fingerprint density at radius 2 is 1.66 bits per heavy atom. The molecule has 0 saturated carbocycles. The second-order valence-electron chi connectivity index (χ2n) is 9.66. The normalized spacial score (nSPS) is 21.3. The molecule has 3 aromatic carbocycles. The fourth-order valence-corrected chi connectivity index (χ4v) is 4.88. The van der Waals surface area contributed by atoms with E-state index < -0.39 is 6.29 Å². The number of nitrogens with one attached hydrogen (secondary N) is 2. The van der Waals surface area contributed by atoms with E-state index in [1.807, 2.05) is 80.0 Å². The van der Waals surface area contributed by atoms with E-state index in [9.17, 15) is 9.90 Å². The largest absolute Gasteiger partial charge is 0.392 e. The molecule has 1 unspecified atom stereocenters. The van der Waals surface area contributed by atoms with E-state index in [0.29, 0.717) is 19.6 Å². The van der Waals surface area contributed by atoms with E-state index >= 15 is 0 Å². The van der Waals surface area contributed by atoms with Crippen LogP contribution in [-0.2, 0) is 29.2 Å². The van der Waals surface area contributed by atoms with Gasteiger partial charge in [0.05, 0.1) is 42.7 Å². The summed E-state index contributed by atoms with van der Waals surface area (Å²) in [5.41, 5.74) is 5.84. The van der Waals surface area contributed by atoms with Crippen LogP contribution in [0.1, 0.15) is 48.5 Å². The van der Waals surface area contributed by atoms with E-state index in [2.05, 4.69) is 33.2 Å². The van der Waals surface area contributed by atoms with Crippen molar-refractivity contribution in [2.45, 2.75) is 52.0 Å². The van der Waals surface area contributed by atoms with Crippen LogP contribution >= 0.6 is 0 Å². The molecular formula is C30H34N4O4. The highest BCUT2D eigenvalue weighted by Crippen LogP contribution is 2.42. The van der Waals surface area contributed by atoms with Gasteiger partial charge in [0.25, 0.3) is 0 Å². The van der Waals surface area contributed by atoms with Crippen molar-refractivity contribution < 1.29 is 19.4 Å². The van der Waals surface area contributed by atoms with Crippen molar-refractivity contribution in [2.24, 2.45) is 5.92 Å². The van der Waals surface area contributed by atoms with E-state index in [0.717, 1.165) is 33.3 Å². The van der Waals surface area contributed by atoms with Crippen LogP contribution in [0.25, 0.3) is 11.0 Å². The average Bonchev–Trinajstić information content (AvgIpc) is 3.36. The lowest BCUT2D eigenvalue weighted by atomic mass is 9.90. The number of carbonyl (C=O) groups excluding carboxylic acids is 1. The Kier molecular flexibility index (Phi) is 8.03. The molecule has 1 aromatic heterocycles. The molecule has 3 N–H and O–H groups in total. The van der Waals surface area contributed by atoms with Gasteiger partial charge in [-0.3, -0.25) is 0 Å². The number of urea groups is 1. The van der Waals surface area contributed by atoms with Crippen molar-refractivity contribution >= 4 is 17.1 Å². The standard InChI is InChI=1S/C30H34N4O4/c1-3-31-30(36)32-16-21-8-14-24(15-9-21)29-37-27(17-34-19-33-25-6-4-5-7-26(25)34)20(2)28(38-29)23-12-10-22(18-35)11-13-23/h4-15,19-20,27-29,35H,3,16-18H2,1-2H3,(H2,31,32,36)/t20-,27+,28+,29?/m0/s1. The molecule has 1 fully saturated rings. The molecule has 0 bridgehead atoms. The third kappa shape index (κ3) is 5.72. The highest BCUT2D eigenvalue weighted by atomic mass is 16.7. The molecule has 1 aliphatic heterocycles. The molecule has 8 heteroatoms. The molecular weight excluding hydrogens is 480 g/mol. The van der Waals surface area contributed by atoms with Crippen molar-refractivity contribution in [3.05, 3.63) is 101 Å². The Balaban J connectivity index is 1.39. The first-order chi connectivity index (χ1) is 18.6. The lowest BCUT2D eigenvalue weighted by molar-refractivity contribution is -0.276. The first-order valence-corrected chi connectivity index (χ1v) is 13.1. The van der Waals surface area contributed by atoms with Crippen LogP contribution < -0.4 is 10.6 Å². The fraction of sp³-hybridized carbons (Fsp3) is 0.333. The van der Waals surface area contributed by atoms with Crippen molar-refractivity contribution in [1.29, 1.82) is 0 Å². The van der Waals surface area contributed by atoms with Gasteiger partial charge in [-0.05, 0) is 35.7 Å². The topological polar surface area (TPSA) is 97.6 Å². The highest BCUT2D eigenvalue weighted by molar-refractivity contribution is 5.75. The molecule has 0 spiro atoms. The summed E-state index contributed by atoms with van der Waals surface area (Å²) >= 11 is 0. The summed E-state index contributed by atoms with van der Waals surface area (Å²) in [5.74, 6) is 0.0629. The molecule has 0 radical (unpaired) electrons. The van der Waals surface area contributed by atoms with Crippen molar-refractivity contribution in [3.8, 4) is 0 Å². The molecule has 0 aliphatic carbocycles. The number of amides is 2. The fourth-order valence-electron chi connectivity index (χ4n) is 4.88. The van der Waals surface area contributed by atoms with Crippen LogP contribution in [0.4, 0.5) is 4.79 Å². The summed E-state index contributed by atoms with van der Waals surface area (Å²) in [6.45, 7) is 5.70. The number of rotatable bonds is 8. The minimum Gasteiger partial charge on any atom is -0.392 e. The molecule has 8 nitrogen and oxygen atoms in total. The molecule has 1 aliphatic rings. The van der Waals surface area contributed by atoms with Crippen LogP contribution in [0.15, 0.2) is 79.1 Å². The van der Waals surface area contributed by atoms with Crippen LogP contribution in [0.2, 0.25) is 0 Å². The summed E-state index contributed by atoms with van der Waals surface area (Å²) in [7, 11) is 0. The number of ether oxygens (including phenoxy) is 2. The predicted molar refractivity (Wildman–Crippen MR) is 145 cm³/mol. The van der Waals surface area contributed by atoms with Gasteiger partial charge in [0.1, 0.15) is 0 Å². The number of benzene rings is 3. The second kappa shape index (κ2) is 11.8. The molecule has 4 aromatic rings. The van der Waals surface area contributed by atoms with Gasteiger partial charge in [0.2, 0.25) is 0 Å². The van der Waals surface area contributed by atoms with E-state index in [1.165, 1.54) is 0 Å². The summed E-state index contributed by atoms with van der Waals surface area (Å²) in [4.78, 5) is 16.3. The van der Waals surface area contributed by atoms with Crippen LogP contribution in [0.3, 0.4) is 0 Å². The summed E-state index contributed by atoms with van der Waals surface area (Å²) in [6.07, 6.45) is 0.986. The lowest BCUT2D eigenvalue weighted by Crippen LogP contribution is -2.39. The van der Waals surface area contributed by atoms with Gasteiger partial charge in [-0.15, -0.1) is 0 Å². The molecule has 1 saturated heterocycles. The van der Waals surface area contributed by atoms with Crippen LogP contribution in [0, 0.1) is 5.92 Å². The summed E-state index contributed by atoms with van der Waals surface area (Å²) in [5, 5.41) is 15.1. The number of hydrogen-bond donors (Lipinski definition) is 3. The number of fused-ring (bicyclic) bond motifs is 1. The van der Waals surface area contributed by atoms with Gasteiger partial charge in [-0.1, -0.05) is 67.6 Å². The molecule has 4 atom stereocenters. The zero-order valence-electron chi connectivity index (χ0n) is 21.7. The van der Waals surface area contributed by atoms with E-state index in [4.69, 9.17) is 9.47 Å². The maximum atomic E-state index is 11.7. The lowest BCUT2D eigenvalue weighted by Gasteiger charge is -2.41. The number of aliphatic hydroxyl groups is 1. The molecule has 2 amide bonds. The van der Waals surface area contributed by atoms with Gasteiger partial charge in [0.15, 0.2) is 6.29 Å². The van der Waals surface area contributed by atoms with Crippen LogP contribution in [0.5, 0.6) is 0 Å². The molecule has 2 heterocycles. The third-order valence-corrected chi connectivity index (χ3v) is 7.07. The number of imidazole rings is 1. The van der Waals surface area contributed by atoms with Gasteiger partial charge in [-0.25, -0.2) is 9.78 Å². The first-order valence-electron chi connectivity index (χ1n) is 13.1. The quantitative estimate of drug-likeness (QED) is 0.313. The van der Waals surface area contributed by atoms with Crippen molar-refractivity contribution in [1.82, 2.24) is 20.2 Å². The number of aromatic nitrogens is 2. The molecule has 38 heavy (non-hydrogen) atoms.